The highest BCUT2D eigenvalue weighted by Gasteiger charge is 2.39. The lowest BCUT2D eigenvalue weighted by molar-refractivity contribution is -0.131. The number of carbonyl (C=O) groups is 1. The van der Waals surface area contributed by atoms with Crippen molar-refractivity contribution in [3.05, 3.63) is 48.1 Å². The van der Waals surface area contributed by atoms with Gasteiger partial charge in [0.2, 0.25) is 0 Å². The fourth-order valence-electron chi connectivity index (χ4n) is 3.40. The van der Waals surface area contributed by atoms with Crippen LogP contribution in [0.1, 0.15) is 31.9 Å². The first-order chi connectivity index (χ1) is 10.3. The molecular formula is C19H24O3. The van der Waals surface area contributed by atoms with Gasteiger partial charge in [0.05, 0.1) is 7.11 Å². The number of methoxy groups -OCH3 is 1. The molecule has 0 aliphatic heterocycles. The van der Waals surface area contributed by atoms with Crippen molar-refractivity contribution >= 4 is 5.97 Å². The third-order valence-electron chi connectivity index (χ3n) is 4.64. The van der Waals surface area contributed by atoms with Crippen LogP contribution in [-0.4, -0.2) is 13.1 Å². The zero-order valence-corrected chi connectivity index (χ0v) is 13.9. The Hall–Kier alpha value is -2.03. The summed E-state index contributed by atoms with van der Waals surface area (Å²) in [7, 11) is 1.66. The predicted molar refractivity (Wildman–Crippen MR) is 88.3 cm³/mol. The smallest absolute Gasteiger partial charge is 0.308 e. The Bertz CT molecular complexity index is 630. The Morgan fingerprint density at radius 2 is 1.95 bits per heavy atom. The molecule has 3 nitrogen and oxygen atoms in total. The van der Waals surface area contributed by atoms with Crippen molar-refractivity contribution in [2.24, 2.45) is 11.3 Å². The van der Waals surface area contributed by atoms with Crippen LogP contribution < -0.4 is 9.47 Å². The first-order valence-electron chi connectivity index (χ1n) is 7.48. The fraction of sp³-hybridized carbons (Fsp3) is 0.421. The third-order valence-corrected chi connectivity index (χ3v) is 4.64. The first-order valence-corrected chi connectivity index (χ1v) is 7.48. The van der Waals surface area contributed by atoms with Crippen molar-refractivity contribution in [3.8, 4) is 11.5 Å². The van der Waals surface area contributed by atoms with Gasteiger partial charge in [-0.2, -0.15) is 0 Å². The van der Waals surface area contributed by atoms with Crippen LogP contribution in [0.5, 0.6) is 11.5 Å². The molecule has 22 heavy (non-hydrogen) atoms. The zero-order chi connectivity index (χ0) is 16.5. The molecule has 0 spiro atoms. The maximum atomic E-state index is 11.4. The van der Waals surface area contributed by atoms with Crippen LogP contribution in [-0.2, 0) is 17.6 Å². The van der Waals surface area contributed by atoms with Crippen LogP contribution in [0, 0.1) is 11.3 Å². The lowest BCUT2D eigenvalue weighted by Crippen LogP contribution is -2.35. The number of rotatable bonds is 4. The largest absolute Gasteiger partial charge is 0.496 e. The summed E-state index contributed by atoms with van der Waals surface area (Å²) in [5.41, 5.74) is 3.16. The second-order valence-electron chi connectivity index (χ2n) is 6.31. The van der Waals surface area contributed by atoms with Gasteiger partial charge in [0, 0.05) is 18.1 Å². The van der Waals surface area contributed by atoms with Gasteiger partial charge in [0.25, 0.3) is 0 Å². The summed E-state index contributed by atoms with van der Waals surface area (Å²) in [6, 6.07) is 3.67. The topological polar surface area (TPSA) is 35.5 Å². The van der Waals surface area contributed by atoms with Crippen LogP contribution in [0.15, 0.2) is 36.9 Å². The van der Waals surface area contributed by atoms with Crippen molar-refractivity contribution in [2.75, 3.05) is 7.11 Å². The molecule has 0 bridgehead atoms. The van der Waals surface area contributed by atoms with Crippen molar-refractivity contribution in [1.29, 1.82) is 0 Å². The number of fused-ring (bicyclic) bond motifs is 1. The van der Waals surface area contributed by atoms with Crippen LogP contribution in [0.3, 0.4) is 0 Å². The number of hydrogen-bond donors (Lipinski definition) is 0. The van der Waals surface area contributed by atoms with Crippen molar-refractivity contribution < 1.29 is 14.3 Å². The van der Waals surface area contributed by atoms with Crippen molar-refractivity contribution in [3.63, 3.8) is 0 Å². The molecule has 0 heterocycles. The minimum Gasteiger partial charge on any atom is -0.496 e. The van der Waals surface area contributed by atoms with E-state index >= 15 is 0 Å². The average Bonchev–Trinajstić information content (AvgIpc) is 2.46. The van der Waals surface area contributed by atoms with Gasteiger partial charge in [-0.25, -0.2) is 0 Å². The molecule has 2 atom stereocenters. The van der Waals surface area contributed by atoms with Gasteiger partial charge in [-0.05, 0) is 43.2 Å². The van der Waals surface area contributed by atoms with Gasteiger partial charge in [0.15, 0.2) is 0 Å². The maximum Gasteiger partial charge on any atom is 0.308 e. The molecule has 0 amide bonds. The highest BCUT2D eigenvalue weighted by Crippen LogP contribution is 2.48. The molecule has 118 valence electrons. The normalized spacial score (nSPS) is 23.4. The molecule has 0 aromatic heterocycles. The van der Waals surface area contributed by atoms with Crippen molar-refractivity contribution in [1.82, 2.24) is 0 Å². The molecule has 0 saturated carbocycles. The first kappa shape index (κ1) is 16.3. The maximum absolute atomic E-state index is 11.4. The van der Waals surface area contributed by atoms with E-state index in [0.29, 0.717) is 11.7 Å². The highest BCUT2D eigenvalue weighted by molar-refractivity contribution is 5.70. The van der Waals surface area contributed by atoms with E-state index < -0.39 is 0 Å². The SMILES string of the molecule is C=C[C@@]1(C)Cc2c(OC(C)=O)ccc(OC)c2C[C@H]1C(=C)C. The Kier molecular flexibility index (Phi) is 4.45. The second-order valence-corrected chi connectivity index (χ2v) is 6.31. The van der Waals surface area contributed by atoms with E-state index in [0.717, 1.165) is 35.3 Å². The van der Waals surface area contributed by atoms with Crippen LogP contribution in [0.2, 0.25) is 0 Å². The molecule has 1 aliphatic carbocycles. The van der Waals surface area contributed by atoms with E-state index in [2.05, 4.69) is 27.0 Å². The molecule has 2 rings (SSSR count). The third kappa shape index (κ3) is 2.80. The minimum absolute atomic E-state index is 0.111. The summed E-state index contributed by atoms with van der Waals surface area (Å²) in [6.45, 7) is 13.8. The number of ether oxygens (including phenoxy) is 2. The quantitative estimate of drug-likeness (QED) is 0.477. The standard InChI is InChI=1S/C19H24O3/c1-7-19(5)11-15-14(10-16(19)12(2)3)17(21-6)8-9-18(15)22-13(4)20/h7-9,16H,1-2,10-11H2,3-6H3/t16-,19-/m0/s1. The van der Waals surface area contributed by atoms with E-state index in [9.17, 15) is 4.79 Å². The Morgan fingerprint density at radius 1 is 1.32 bits per heavy atom. The summed E-state index contributed by atoms with van der Waals surface area (Å²) >= 11 is 0. The van der Waals surface area contributed by atoms with Gasteiger partial charge >= 0.3 is 5.97 Å². The van der Waals surface area contributed by atoms with Crippen LogP contribution in [0.4, 0.5) is 0 Å². The molecule has 1 aliphatic rings. The molecule has 0 fully saturated rings. The van der Waals surface area contributed by atoms with Gasteiger partial charge < -0.3 is 9.47 Å². The minimum atomic E-state index is -0.310. The zero-order valence-electron chi connectivity index (χ0n) is 13.9. The number of esters is 1. The molecule has 1 aromatic carbocycles. The van der Waals surface area contributed by atoms with E-state index in [1.165, 1.54) is 6.92 Å². The predicted octanol–water partition coefficient (Wildman–Crippen LogP) is 4.10. The summed E-state index contributed by atoms with van der Waals surface area (Å²) in [6.07, 6.45) is 3.56. The molecule has 0 radical (unpaired) electrons. The molecule has 3 heteroatoms. The van der Waals surface area contributed by atoms with E-state index in [1.54, 1.807) is 7.11 Å². The van der Waals surface area contributed by atoms with Crippen LogP contribution >= 0.6 is 0 Å². The highest BCUT2D eigenvalue weighted by atomic mass is 16.5. The second kappa shape index (κ2) is 5.99. The number of benzene rings is 1. The van der Waals surface area contributed by atoms with Gasteiger partial charge in [-0.15, -0.1) is 6.58 Å². The van der Waals surface area contributed by atoms with Gasteiger partial charge in [-0.1, -0.05) is 25.2 Å². The molecule has 0 unspecified atom stereocenters. The Balaban J connectivity index is 2.60. The average molecular weight is 300 g/mol. The number of allylic oxidation sites excluding steroid dienone is 2. The Labute approximate surface area is 132 Å². The van der Waals surface area contributed by atoms with Gasteiger partial charge in [-0.3, -0.25) is 4.79 Å². The Morgan fingerprint density at radius 3 is 2.45 bits per heavy atom. The lowest BCUT2D eigenvalue weighted by Gasteiger charge is -2.41. The van der Waals surface area contributed by atoms with Crippen LogP contribution in [0.25, 0.3) is 0 Å². The summed E-state index contributed by atoms with van der Waals surface area (Å²) in [5.74, 6) is 1.44. The van der Waals surface area contributed by atoms with Crippen molar-refractivity contribution in [2.45, 2.75) is 33.6 Å². The number of carbonyl (C=O) groups excluding carboxylic acids is 1. The van der Waals surface area contributed by atoms with E-state index in [4.69, 9.17) is 9.47 Å². The summed E-state index contributed by atoms with van der Waals surface area (Å²) in [5, 5.41) is 0. The summed E-state index contributed by atoms with van der Waals surface area (Å²) < 4.78 is 10.9. The molecular weight excluding hydrogens is 276 g/mol. The number of hydrogen-bond acceptors (Lipinski definition) is 3. The molecule has 0 N–H and O–H groups in total. The fourth-order valence-corrected chi connectivity index (χ4v) is 3.40. The monoisotopic (exact) mass is 300 g/mol. The molecule has 0 saturated heterocycles. The van der Waals surface area contributed by atoms with Gasteiger partial charge in [0.1, 0.15) is 11.5 Å². The lowest BCUT2D eigenvalue weighted by atomic mass is 9.63. The summed E-state index contributed by atoms with van der Waals surface area (Å²) in [4.78, 5) is 11.4. The molecule has 1 aromatic rings. The van der Waals surface area contributed by atoms with E-state index in [1.807, 2.05) is 18.2 Å². The van der Waals surface area contributed by atoms with E-state index in [-0.39, 0.29) is 11.4 Å².